The van der Waals surface area contributed by atoms with Gasteiger partial charge in [-0.3, -0.25) is 0 Å². The SMILES string of the molecule is CCC1(c2ccc3c(c2)CCO3)CCCN1. The number of nitrogens with one attached hydrogen (secondary N) is 1. The summed E-state index contributed by atoms with van der Waals surface area (Å²) in [6.45, 7) is 4.29. The molecule has 1 aromatic rings. The highest BCUT2D eigenvalue weighted by molar-refractivity contribution is 5.42. The minimum atomic E-state index is 0.234. The van der Waals surface area contributed by atoms with Gasteiger partial charge in [0, 0.05) is 12.0 Å². The van der Waals surface area contributed by atoms with Crippen LogP contribution in [0.5, 0.6) is 5.75 Å². The van der Waals surface area contributed by atoms with Crippen LogP contribution in [0.15, 0.2) is 18.2 Å². The second-order valence-electron chi connectivity index (χ2n) is 4.89. The highest BCUT2D eigenvalue weighted by Gasteiger charge is 2.33. The molecular weight excluding hydrogens is 198 g/mol. The molecule has 2 heterocycles. The molecule has 2 aliphatic rings. The van der Waals surface area contributed by atoms with Gasteiger partial charge in [-0.05, 0) is 43.0 Å². The number of rotatable bonds is 2. The van der Waals surface area contributed by atoms with Gasteiger partial charge in [0.15, 0.2) is 0 Å². The van der Waals surface area contributed by atoms with Gasteiger partial charge in [-0.1, -0.05) is 19.1 Å². The third-order valence-corrected chi connectivity index (χ3v) is 4.09. The molecule has 2 aliphatic heterocycles. The molecule has 1 N–H and O–H groups in total. The highest BCUT2D eigenvalue weighted by atomic mass is 16.5. The Bertz CT molecular complexity index is 394. The van der Waals surface area contributed by atoms with Crippen molar-refractivity contribution in [2.45, 2.75) is 38.1 Å². The largest absolute Gasteiger partial charge is 0.493 e. The molecular formula is C14H19NO. The van der Waals surface area contributed by atoms with Gasteiger partial charge < -0.3 is 10.1 Å². The molecule has 0 spiro atoms. The van der Waals surface area contributed by atoms with Crippen molar-refractivity contribution in [1.29, 1.82) is 0 Å². The van der Waals surface area contributed by atoms with Crippen molar-refractivity contribution < 1.29 is 4.74 Å². The zero-order chi connectivity index (χ0) is 11.0. The number of hydrogen-bond acceptors (Lipinski definition) is 2. The Balaban J connectivity index is 1.99. The summed E-state index contributed by atoms with van der Waals surface area (Å²) in [6.07, 6.45) is 4.81. The van der Waals surface area contributed by atoms with E-state index < -0.39 is 0 Å². The van der Waals surface area contributed by atoms with Gasteiger partial charge in [0.25, 0.3) is 0 Å². The van der Waals surface area contributed by atoms with E-state index in [2.05, 4.69) is 30.4 Å². The Kier molecular flexibility index (Phi) is 2.40. The van der Waals surface area contributed by atoms with Crippen LogP contribution in [0.2, 0.25) is 0 Å². The number of fused-ring (bicyclic) bond motifs is 1. The lowest BCUT2D eigenvalue weighted by Crippen LogP contribution is -2.35. The molecule has 1 unspecified atom stereocenters. The number of ether oxygens (including phenoxy) is 1. The minimum absolute atomic E-state index is 0.234. The zero-order valence-electron chi connectivity index (χ0n) is 9.88. The lowest BCUT2D eigenvalue weighted by molar-refractivity contribution is 0.356. The third-order valence-electron chi connectivity index (χ3n) is 4.09. The lowest BCUT2D eigenvalue weighted by atomic mass is 9.85. The predicted octanol–water partition coefficient (Wildman–Crippen LogP) is 2.61. The highest BCUT2D eigenvalue weighted by Crippen LogP contribution is 2.37. The second-order valence-corrected chi connectivity index (χ2v) is 4.89. The van der Waals surface area contributed by atoms with E-state index >= 15 is 0 Å². The molecule has 0 amide bonds. The molecule has 1 saturated heterocycles. The quantitative estimate of drug-likeness (QED) is 0.822. The average Bonchev–Trinajstić information content (AvgIpc) is 2.97. The fraction of sp³-hybridized carbons (Fsp3) is 0.571. The van der Waals surface area contributed by atoms with Crippen LogP contribution >= 0.6 is 0 Å². The Labute approximate surface area is 97.0 Å². The molecule has 0 bridgehead atoms. The molecule has 0 saturated carbocycles. The van der Waals surface area contributed by atoms with Gasteiger partial charge in [0.05, 0.1) is 6.61 Å². The van der Waals surface area contributed by atoms with Crippen molar-refractivity contribution in [3.8, 4) is 5.75 Å². The van der Waals surface area contributed by atoms with Crippen LogP contribution in [-0.4, -0.2) is 13.2 Å². The smallest absolute Gasteiger partial charge is 0.122 e. The molecule has 1 aromatic carbocycles. The first-order valence-corrected chi connectivity index (χ1v) is 6.35. The van der Waals surface area contributed by atoms with Crippen molar-refractivity contribution in [1.82, 2.24) is 5.32 Å². The first-order valence-electron chi connectivity index (χ1n) is 6.35. The summed E-state index contributed by atoms with van der Waals surface area (Å²) in [4.78, 5) is 0. The molecule has 16 heavy (non-hydrogen) atoms. The standard InChI is InChI=1S/C14H19NO/c1-2-14(7-3-8-15-14)12-4-5-13-11(10-12)6-9-16-13/h4-5,10,15H,2-3,6-9H2,1H3. The molecule has 0 aliphatic carbocycles. The van der Waals surface area contributed by atoms with E-state index in [0.717, 1.165) is 25.3 Å². The molecule has 2 heteroatoms. The first kappa shape index (κ1) is 10.2. The van der Waals surface area contributed by atoms with Crippen LogP contribution in [0.1, 0.15) is 37.3 Å². The lowest BCUT2D eigenvalue weighted by Gasteiger charge is -2.29. The third kappa shape index (κ3) is 1.44. The van der Waals surface area contributed by atoms with Crippen LogP contribution in [0.4, 0.5) is 0 Å². The fourth-order valence-corrected chi connectivity index (χ4v) is 3.04. The Morgan fingerprint density at radius 3 is 3.12 bits per heavy atom. The molecule has 0 radical (unpaired) electrons. The maximum absolute atomic E-state index is 5.56. The Hall–Kier alpha value is -1.02. The summed E-state index contributed by atoms with van der Waals surface area (Å²) >= 11 is 0. The molecule has 1 atom stereocenters. The van der Waals surface area contributed by atoms with Gasteiger partial charge in [-0.2, -0.15) is 0 Å². The van der Waals surface area contributed by atoms with Crippen LogP contribution in [0.25, 0.3) is 0 Å². The van der Waals surface area contributed by atoms with Crippen molar-refractivity contribution in [2.24, 2.45) is 0 Å². The topological polar surface area (TPSA) is 21.3 Å². The average molecular weight is 217 g/mol. The van der Waals surface area contributed by atoms with Crippen LogP contribution in [0, 0.1) is 0 Å². The predicted molar refractivity (Wildman–Crippen MR) is 64.8 cm³/mol. The van der Waals surface area contributed by atoms with Gasteiger partial charge in [0.1, 0.15) is 5.75 Å². The van der Waals surface area contributed by atoms with Gasteiger partial charge in [-0.25, -0.2) is 0 Å². The summed E-state index contributed by atoms with van der Waals surface area (Å²) < 4.78 is 5.56. The number of benzene rings is 1. The van der Waals surface area contributed by atoms with Gasteiger partial charge >= 0.3 is 0 Å². The van der Waals surface area contributed by atoms with Crippen LogP contribution < -0.4 is 10.1 Å². The molecule has 1 fully saturated rings. The first-order chi connectivity index (χ1) is 7.84. The van der Waals surface area contributed by atoms with E-state index in [9.17, 15) is 0 Å². The molecule has 2 nitrogen and oxygen atoms in total. The van der Waals surface area contributed by atoms with E-state index in [-0.39, 0.29) is 5.54 Å². The van der Waals surface area contributed by atoms with Crippen molar-refractivity contribution in [3.05, 3.63) is 29.3 Å². The summed E-state index contributed by atoms with van der Waals surface area (Å²) in [5.41, 5.74) is 3.08. The van der Waals surface area contributed by atoms with E-state index in [1.165, 1.54) is 30.4 Å². The molecule has 3 rings (SSSR count). The fourth-order valence-electron chi connectivity index (χ4n) is 3.04. The van der Waals surface area contributed by atoms with Gasteiger partial charge in [0.2, 0.25) is 0 Å². The maximum atomic E-state index is 5.56. The number of hydrogen-bond donors (Lipinski definition) is 1. The van der Waals surface area contributed by atoms with E-state index in [0.29, 0.717) is 0 Å². The Morgan fingerprint density at radius 2 is 2.38 bits per heavy atom. The monoisotopic (exact) mass is 217 g/mol. The van der Waals surface area contributed by atoms with E-state index in [4.69, 9.17) is 4.74 Å². The van der Waals surface area contributed by atoms with Crippen molar-refractivity contribution in [2.75, 3.05) is 13.2 Å². The van der Waals surface area contributed by atoms with Crippen LogP contribution in [0.3, 0.4) is 0 Å². The van der Waals surface area contributed by atoms with E-state index in [1.54, 1.807) is 0 Å². The molecule has 0 aromatic heterocycles. The Morgan fingerprint density at radius 1 is 1.44 bits per heavy atom. The summed E-state index contributed by atoms with van der Waals surface area (Å²) in [5.74, 6) is 1.09. The van der Waals surface area contributed by atoms with Gasteiger partial charge in [-0.15, -0.1) is 0 Å². The summed E-state index contributed by atoms with van der Waals surface area (Å²) in [5, 5.41) is 3.69. The van der Waals surface area contributed by atoms with Crippen molar-refractivity contribution in [3.63, 3.8) is 0 Å². The second kappa shape index (κ2) is 3.77. The maximum Gasteiger partial charge on any atom is 0.122 e. The molecule has 86 valence electrons. The zero-order valence-corrected chi connectivity index (χ0v) is 9.88. The minimum Gasteiger partial charge on any atom is -0.493 e. The van der Waals surface area contributed by atoms with Crippen molar-refractivity contribution >= 4 is 0 Å². The van der Waals surface area contributed by atoms with E-state index in [1.807, 2.05) is 0 Å². The van der Waals surface area contributed by atoms with Crippen LogP contribution in [-0.2, 0) is 12.0 Å². The summed E-state index contributed by atoms with van der Waals surface area (Å²) in [6, 6.07) is 6.74. The summed E-state index contributed by atoms with van der Waals surface area (Å²) in [7, 11) is 0. The normalized spacial score (nSPS) is 27.8.